The van der Waals surface area contributed by atoms with Crippen LogP contribution in [0, 0.1) is 5.92 Å². The molecule has 1 heterocycles. The van der Waals surface area contributed by atoms with Crippen molar-refractivity contribution in [3.05, 3.63) is 0 Å². The first-order chi connectivity index (χ1) is 7.13. The maximum atomic E-state index is 11.5. The lowest BCUT2D eigenvalue weighted by Gasteiger charge is -2.20. The number of aliphatic hydroxyl groups is 1. The number of carbonyl (C=O) groups is 1. The van der Waals surface area contributed by atoms with Crippen LogP contribution < -0.4 is 10.6 Å². The van der Waals surface area contributed by atoms with E-state index in [1.165, 1.54) is 0 Å². The summed E-state index contributed by atoms with van der Waals surface area (Å²) >= 11 is 0. The first-order valence-corrected chi connectivity index (χ1v) is 5.39. The predicted octanol–water partition coefficient (Wildman–Crippen LogP) is 0.0914. The second kappa shape index (κ2) is 5.92. The number of urea groups is 1. The molecule has 0 bridgehead atoms. The summed E-state index contributed by atoms with van der Waals surface area (Å²) < 4.78 is 5.15. The van der Waals surface area contributed by atoms with Gasteiger partial charge in [-0.05, 0) is 19.3 Å². The number of aliphatic hydroxyl groups excluding tert-OH is 1. The molecule has 5 nitrogen and oxygen atoms in total. The van der Waals surface area contributed by atoms with Gasteiger partial charge in [-0.1, -0.05) is 6.92 Å². The van der Waals surface area contributed by atoms with Crippen LogP contribution in [0.1, 0.15) is 20.3 Å². The van der Waals surface area contributed by atoms with Crippen molar-refractivity contribution in [2.24, 2.45) is 5.92 Å². The van der Waals surface area contributed by atoms with E-state index in [9.17, 15) is 4.79 Å². The lowest BCUT2D eigenvalue weighted by Crippen LogP contribution is -2.47. The number of hydrogen-bond acceptors (Lipinski definition) is 3. The van der Waals surface area contributed by atoms with Crippen LogP contribution in [0.2, 0.25) is 0 Å². The zero-order chi connectivity index (χ0) is 11.3. The molecule has 5 heteroatoms. The molecule has 0 spiro atoms. The van der Waals surface area contributed by atoms with Gasteiger partial charge in [0.25, 0.3) is 0 Å². The standard InChI is InChI=1S/C10H20N2O3/c1-7(5-13)8(2)11-10(14)12-9-3-4-15-6-9/h7-9,13H,3-6H2,1-2H3,(H2,11,12,14). The molecule has 1 saturated heterocycles. The fourth-order valence-corrected chi connectivity index (χ4v) is 1.38. The van der Waals surface area contributed by atoms with Crippen LogP contribution in [-0.2, 0) is 4.74 Å². The molecular formula is C10H20N2O3. The Morgan fingerprint density at radius 2 is 2.33 bits per heavy atom. The Bertz CT molecular complexity index is 205. The summed E-state index contributed by atoms with van der Waals surface area (Å²) in [6.07, 6.45) is 0.872. The molecule has 88 valence electrons. The number of ether oxygens (including phenoxy) is 1. The number of rotatable bonds is 4. The fourth-order valence-electron chi connectivity index (χ4n) is 1.38. The maximum Gasteiger partial charge on any atom is 0.315 e. The minimum absolute atomic E-state index is 0.0303. The van der Waals surface area contributed by atoms with Crippen molar-refractivity contribution in [1.29, 1.82) is 0 Å². The molecule has 3 N–H and O–H groups in total. The summed E-state index contributed by atoms with van der Waals surface area (Å²) in [5.74, 6) is 0.0654. The molecule has 1 aliphatic rings. The molecule has 0 saturated carbocycles. The molecule has 3 unspecified atom stereocenters. The molecule has 3 atom stereocenters. The molecule has 15 heavy (non-hydrogen) atoms. The molecule has 1 rings (SSSR count). The zero-order valence-electron chi connectivity index (χ0n) is 9.32. The Morgan fingerprint density at radius 3 is 2.87 bits per heavy atom. The Balaban J connectivity index is 2.22. The molecular weight excluding hydrogens is 196 g/mol. The normalized spacial score (nSPS) is 24.6. The molecule has 0 radical (unpaired) electrons. The summed E-state index contributed by atoms with van der Waals surface area (Å²) in [5.41, 5.74) is 0. The van der Waals surface area contributed by atoms with Crippen LogP contribution in [0.4, 0.5) is 4.79 Å². The lowest BCUT2D eigenvalue weighted by atomic mass is 10.1. The summed E-state index contributed by atoms with van der Waals surface area (Å²) in [6.45, 7) is 5.16. The van der Waals surface area contributed by atoms with E-state index in [0.29, 0.717) is 13.2 Å². The van der Waals surface area contributed by atoms with Gasteiger partial charge in [-0.25, -0.2) is 4.79 Å². The first kappa shape index (κ1) is 12.3. The van der Waals surface area contributed by atoms with Gasteiger partial charge < -0.3 is 20.5 Å². The van der Waals surface area contributed by atoms with Gasteiger partial charge in [0.1, 0.15) is 0 Å². The number of nitrogens with one attached hydrogen (secondary N) is 2. The van der Waals surface area contributed by atoms with Gasteiger partial charge in [0, 0.05) is 19.3 Å². The van der Waals surface area contributed by atoms with E-state index < -0.39 is 0 Å². The molecule has 0 aliphatic carbocycles. The van der Waals surface area contributed by atoms with E-state index >= 15 is 0 Å². The predicted molar refractivity (Wildman–Crippen MR) is 56.6 cm³/mol. The molecule has 1 aliphatic heterocycles. The van der Waals surface area contributed by atoms with E-state index in [-0.39, 0.29) is 30.6 Å². The van der Waals surface area contributed by atoms with Crippen LogP contribution in [0.15, 0.2) is 0 Å². The first-order valence-electron chi connectivity index (χ1n) is 5.39. The molecule has 2 amide bonds. The largest absolute Gasteiger partial charge is 0.396 e. The number of hydrogen-bond donors (Lipinski definition) is 3. The molecule has 0 aromatic heterocycles. The van der Waals surface area contributed by atoms with Crippen molar-refractivity contribution in [1.82, 2.24) is 10.6 Å². The van der Waals surface area contributed by atoms with Crippen LogP contribution in [-0.4, -0.2) is 43.0 Å². The van der Waals surface area contributed by atoms with Crippen molar-refractivity contribution in [2.45, 2.75) is 32.4 Å². The molecule has 0 aromatic rings. The highest BCUT2D eigenvalue weighted by Crippen LogP contribution is 2.04. The van der Waals surface area contributed by atoms with Crippen molar-refractivity contribution >= 4 is 6.03 Å². The number of amides is 2. The van der Waals surface area contributed by atoms with Crippen LogP contribution >= 0.6 is 0 Å². The van der Waals surface area contributed by atoms with Crippen LogP contribution in [0.5, 0.6) is 0 Å². The lowest BCUT2D eigenvalue weighted by molar-refractivity contribution is 0.184. The van der Waals surface area contributed by atoms with Crippen molar-refractivity contribution < 1.29 is 14.6 Å². The van der Waals surface area contributed by atoms with Gasteiger partial charge in [-0.15, -0.1) is 0 Å². The minimum Gasteiger partial charge on any atom is -0.396 e. The number of carbonyl (C=O) groups excluding carboxylic acids is 1. The topological polar surface area (TPSA) is 70.6 Å². The summed E-state index contributed by atoms with van der Waals surface area (Å²) in [7, 11) is 0. The Kier molecular flexibility index (Phi) is 4.84. The maximum absolute atomic E-state index is 11.5. The van der Waals surface area contributed by atoms with E-state index in [2.05, 4.69) is 10.6 Å². The van der Waals surface area contributed by atoms with Crippen molar-refractivity contribution in [3.8, 4) is 0 Å². The second-order valence-corrected chi connectivity index (χ2v) is 4.13. The molecule has 1 fully saturated rings. The Labute approximate surface area is 90.2 Å². The van der Waals surface area contributed by atoms with Gasteiger partial charge in [0.05, 0.1) is 12.6 Å². The van der Waals surface area contributed by atoms with Crippen molar-refractivity contribution in [3.63, 3.8) is 0 Å². The summed E-state index contributed by atoms with van der Waals surface area (Å²) in [5, 5.41) is 14.5. The fraction of sp³-hybridized carbons (Fsp3) is 0.900. The van der Waals surface area contributed by atoms with Crippen LogP contribution in [0.3, 0.4) is 0 Å². The van der Waals surface area contributed by atoms with E-state index in [1.54, 1.807) is 0 Å². The SMILES string of the molecule is CC(CO)C(C)NC(=O)NC1CCOC1. The minimum atomic E-state index is -0.182. The highest BCUT2D eigenvalue weighted by atomic mass is 16.5. The third kappa shape index (κ3) is 4.05. The van der Waals surface area contributed by atoms with Gasteiger partial charge in [-0.3, -0.25) is 0 Å². The van der Waals surface area contributed by atoms with Gasteiger partial charge >= 0.3 is 6.03 Å². The monoisotopic (exact) mass is 216 g/mol. The third-order valence-electron chi connectivity index (χ3n) is 2.77. The summed E-state index contributed by atoms with van der Waals surface area (Å²) in [6, 6.07) is -0.0859. The van der Waals surface area contributed by atoms with Gasteiger partial charge in [0.2, 0.25) is 0 Å². The van der Waals surface area contributed by atoms with Crippen molar-refractivity contribution in [2.75, 3.05) is 19.8 Å². The van der Waals surface area contributed by atoms with E-state index in [4.69, 9.17) is 9.84 Å². The average Bonchev–Trinajstić information content (AvgIpc) is 2.68. The third-order valence-corrected chi connectivity index (χ3v) is 2.77. The van der Waals surface area contributed by atoms with E-state index in [0.717, 1.165) is 6.42 Å². The van der Waals surface area contributed by atoms with E-state index in [1.807, 2.05) is 13.8 Å². The Morgan fingerprint density at radius 1 is 1.60 bits per heavy atom. The highest BCUT2D eigenvalue weighted by Gasteiger charge is 2.19. The zero-order valence-corrected chi connectivity index (χ0v) is 9.32. The highest BCUT2D eigenvalue weighted by molar-refractivity contribution is 5.74. The Hall–Kier alpha value is -0.810. The van der Waals surface area contributed by atoms with Crippen LogP contribution in [0.25, 0.3) is 0 Å². The smallest absolute Gasteiger partial charge is 0.315 e. The quantitative estimate of drug-likeness (QED) is 0.624. The molecule has 0 aromatic carbocycles. The van der Waals surface area contributed by atoms with Gasteiger partial charge in [0.15, 0.2) is 0 Å². The average molecular weight is 216 g/mol. The van der Waals surface area contributed by atoms with Gasteiger partial charge in [-0.2, -0.15) is 0 Å². The second-order valence-electron chi connectivity index (χ2n) is 4.13. The summed E-state index contributed by atoms with van der Waals surface area (Å²) in [4.78, 5) is 11.5.